The van der Waals surface area contributed by atoms with Gasteiger partial charge in [-0.05, 0) is 37.0 Å². The van der Waals surface area contributed by atoms with Gasteiger partial charge in [-0.3, -0.25) is 0 Å². The third kappa shape index (κ3) is 3.71. The van der Waals surface area contributed by atoms with E-state index in [2.05, 4.69) is 0 Å². The minimum Gasteiger partial charge on any atom is -0.207 e. The SMILES string of the molecule is O=S(=O)(c1ccc(CCCl)cc1)N1CCCCCC1. The Labute approximate surface area is 120 Å². The molecule has 106 valence electrons. The normalized spacial score (nSPS) is 18.2. The average molecular weight is 302 g/mol. The summed E-state index contributed by atoms with van der Waals surface area (Å²) in [5.41, 5.74) is 1.07. The van der Waals surface area contributed by atoms with E-state index in [1.807, 2.05) is 12.1 Å². The summed E-state index contributed by atoms with van der Waals surface area (Å²) in [6.07, 6.45) is 4.94. The zero-order chi connectivity index (χ0) is 13.7. The molecule has 0 amide bonds. The molecule has 0 aromatic heterocycles. The summed E-state index contributed by atoms with van der Waals surface area (Å²) in [6, 6.07) is 7.10. The summed E-state index contributed by atoms with van der Waals surface area (Å²) in [5, 5.41) is 0. The van der Waals surface area contributed by atoms with E-state index < -0.39 is 10.0 Å². The molecule has 0 radical (unpaired) electrons. The van der Waals surface area contributed by atoms with Crippen LogP contribution in [0.3, 0.4) is 0 Å². The molecule has 5 heteroatoms. The van der Waals surface area contributed by atoms with E-state index in [-0.39, 0.29) is 0 Å². The smallest absolute Gasteiger partial charge is 0.207 e. The molecule has 0 atom stereocenters. The highest BCUT2D eigenvalue weighted by Crippen LogP contribution is 2.20. The fourth-order valence-electron chi connectivity index (χ4n) is 2.37. The maximum atomic E-state index is 12.5. The van der Waals surface area contributed by atoms with Gasteiger partial charge in [0.1, 0.15) is 0 Å². The Morgan fingerprint density at radius 1 is 1.00 bits per heavy atom. The molecule has 1 aromatic rings. The molecule has 1 fully saturated rings. The van der Waals surface area contributed by atoms with Gasteiger partial charge >= 0.3 is 0 Å². The Morgan fingerprint density at radius 3 is 2.11 bits per heavy atom. The number of hydrogen-bond acceptors (Lipinski definition) is 2. The van der Waals surface area contributed by atoms with Gasteiger partial charge in [-0.25, -0.2) is 8.42 Å². The van der Waals surface area contributed by atoms with Crippen LogP contribution >= 0.6 is 11.6 Å². The van der Waals surface area contributed by atoms with E-state index >= 15 is 0 Å². The van der Waals surface area contributed by atoms with Gasteiger partial charge in [-0.15, -0.1) is 11.6 Å². The van der Waals surface area contributed by atoms with Gasteiger partial charge in [-0.2, -0.15) is 4.31 Å². The van der Waals surface area contributed by atoms with E-state index in [4.69, 9.17) is 11.6 Å². The molecular formula is C14H20ClNO2S. The van der Waals surface area contributed by atoms with Crippen LogP contribution in [0.15, 0.2) is 29.2 Å². The molecule has 3 nitrogen and oxygen atoms in total. The molecule has 2 rings (SSSR count). The number of alkyl halides is 1. The number of benzene rings is 1. The fourth-order valence-corrected chi connectivity index (χ4v) is 4.10. The van der Waals surface area contributed by atoms with Crippen molar-refractivity contribution < 1.29 is 8.42 Å². The Hall–Kier alpha value is -0.580. The van der Waals surface area contributed by atoms with Crippen LogP contribution < -0.4 is 0 Å². The van der Waals surface area contributed by atoms with Gasteiger partial charge in [0.2, 0.25) is 10.0 Å². The highest BCUT2D eigenvalue weighted by molar-refractivity contribution is 7.89. The predicted octanol–water partition coefficient (Wildman–Crippen LogP) is 3.03. The van der Waals surface area contributed by atoms with Gasteiger partial charge < -0.3 is 0 Å². The Bertz CT molecular complexity index is 491. The number of sulfonamides is 1. The summed E-state index contributed by atoms with van der Waals surface area (Å²) in [4.78, 5) is 0.396. The Kier molecular flexibility index (Phi) is 5.25. The first-order chi connectivity index (χ1) is 9.14. The molecule has 0 saturated carbocycles. The molecular weight excluding hydrogens is 282 g/mol. The summed E-state index contributed by atoms with van der Waals surface area (Å²) in [5.74, 6) is 0.554. The lowest BCUT2D eigenvalue weighted by molar-refractivity contribution is 0.423. The number of nitrogens with zero attached hydrogens (tertiary/aromatic N) is 1. The van der Waals surface area contributed by atoms with Gasteiger partial charge in [-0.1, -0.05) is 25.0 Å². The molecule has 1 aliphatic rings. The van der Waals surface area contributed by atoms with Gasteiger partial charge in [0.05, 0.1) is 4.90 Å². The molecule has 1 aliphatic heterocycles. The lowest BCUT2D eigenvalue weighted by Crippen LogP contribution is -2.31. The van der Waals surface area contributed by atoms with Crippen LogP contribution in [-0.4, -0.2) is 31.7 Å². The van der Waals surface area contributed by atoms with Gasteiger partial charge in [0.25, 0.3) is 0 Å². The van der Waals surface area contributed by atoms with Crippen molar-refractivity contribution in [2.75, 3.05) is 19.0 Å². The van der Waals surface area contributed by atoms with E-state index in [1.54, 1.807) is 16.4 Å². The van der Waals surface area contributed by atoms with Gasteiger partial charge in [0, 0.05) is 19.0 Å². The molecule has 1 aromatic carbocycles. The highest BCUT2D eigenvalue weighted by Gasteiger charge is 2.24. The fraction of sp³-hybridized carbons (Fsp3) is 0.571. The monoisotopic (exact) mass is 301 g/mol. The first-order valence-electron chi connectivity index (χ1n) is 6.79. The average Bonchev–Trinajstić information content (AvgIpc) is 2.69. The number of rotatable bonds is 4. The number of halogens is 1. The van der Waals surface area contributed by atoms with Crippen LogP contribution in [0.5, 0.6) is 0 Å². The molecule has 0 aliphatic carbocycles. The summed E-state index contributed by atoms with van der Waals surface area (Å²) in [6.45, 7) is 1.29. The molecule has 1 heterocycles. The largest absolute Gasteiger partial charge is 0.243 e. The molecule has 0 bridgehead atoms. The predicted molar refractivity (Wildman–Crippen MR) is 78.1 cm³/mol. The van der Waals surface area contributed by atoms with Crippen LogP contribution in [-0.2, 0) is 16.4 Å². The number of aryl methyl sites for hydroxylation is 1. The van der Waals surface area contributed by atoms with E-state index in [0.29, 0.717) is 23.9 Å². The van der Waals surface area contributed by atoms with Crippen molar-refractivity contribution in [2.24, 2.45) is 0 Å². The zero-order valence-corrected chi connectivity index (χ0v) is 12.6. The van der Waals surface area contributed by atoms with Crippen molar-refractivity contribution in [3.63, 3.8) is 0 Å². The minimum atomic E-state index is -3.32. The van der Waals surface area contributed by atoms with Crippen molar-refractivity contribution in [1.29, 1.82) is 0 Å². The highest BCUT2D eigenvalue weighted by atomic mass is 35.5. The summed E-state index contributed by atoms with van der Waals surface area (Å²) < 4.78 is 26.6. The van der Waals surface area contributed by atoms with Crippen molar-refractivity contribution in [1.82, 2.24) is 4.31 Å². The molecule has 19 heavy (non-hydrogen) atoms. The summed E-state index contributed by atoms with van der Waals surface area (Å²) >= 11 is 5.68. The van der Waals surface area contributed by atoms with Crippen molar-refractivity contribution in [3.8, 4) is 0 Å². The Morgan fingerprint density at radius 2 is 1.58 bits per heavy atom. The molecule has 0 N–H and O–H groups in total. The quantitative estimate of drug-likeness (QED) is 0.802. The topological polar surface area (TPSA) is 37.4 Å². The maximum Gasteiger partial charge on any atom is 0.243 e. The Balaban J connectivity index is 2.18. The number of hydrogen-bond donors (Lipinski definition) is 0. The first-order valence-corrected chi connectivity index (χ1v) is 8.77. The van der Waals surface area contributed by atoms with Crippen LogP contribution in [0.2, 0.25) is 0 Å². The zero-order valence-electron chi connectivity index (χ0n) is 11.0. The van der Waals surface area contributed by atoms with E-state index in [1.165, 1.54) is 0 Å². The van der Waals surface area contributed by atoms with Crippen LogP contribution in [0.1, 0.15) is 31.2 Å². The second-order valence-electron chi connectivity index (χ2n) is 4.90. The minimum absolute atomic E-state index is 0.396. The first kappa shape index (κ1) is 14.8. The second-order valence-corrected chi connectivity index (χ2v) is 7.22. The van der Waals surface area contributed by atoms with E-state index in [9.17, 15) is 8.42 Å². The lowest BCUT2D eigenvalue weighted by Gasteiger charge is -2.20. The van der Waals surface area contributed by atoms with Crippen LogP contribution in [0.4, 0.5) is 0 Å². The lowest BCUT2D eigenvalue weighted by atomic mass is 10.2. The van der Waals surface area contributed by atoms with Gasteiger partial charge in [0.15, 0.2) is 0 Å². The molecule has 0 unspecified atom stereocenters. The van der Waals surface area contributed by atoms with Crippen LogP contribution in [0, 0.1) is 0 Å². The standard InChI is InChI=1S/C14H20ClNO2S/c15-10-9-13-5-7-14(8-6-13)19(17,18)16-11-3-1-2-4-12-16/h5-8H,1-4,9-12H2. The van der Waals surface area contributed by atoms with Crippen LogP contribution in [0.25, 0.3) is 0 Å². The van der Waals surface area contributed by atoms with Crippen molar-refractivity contribution >= 4 is 21.6 Å². The molecule has 0 spiro atoms. The second kappa shape index (κ2) is 6.73. The molecule has 1 saturated heterocycles. The van der Waals surface area contributed by atoms with E-state index in [0.717, 1.165) is 37.7 Å². The summed E-state index contributed by atoms with van der Waals surface area (Å²) in [7, 11) is -3.32. The third-order valence-electron chi connectivity index (χ3n) is 3.51. The maximum absolute atomic E-state index is 12.5. The van der Waals surface area contributed by atoms with Crippen molar-refractivity contribution in [3.05, 3.63) is 29.8 Å². The van der Waals surface area contributed by atoms with Crippen molar-refractivity contribution in [2.45, 2.75) is 37.0 Å². The third-order valence-corrected chi connectivity index (χ3v) is 5.61.